The Morgan fingerprint density at radius 1 is 1.38 bits per heavy atom. The summed E-state index contributed by atoms with van der Waals surface area (Å²) in [7, 11) is 0. The molecule has 1 aliphatic rings. The number of halogens is 2. The van der Waals surface area contributed by atoms with E-state index in [0.29, 0.717) is 30.3 Å². The van der Waals surface area contributed by atoms with Gasteiger partial charge in [0.15, 0.2) is 0 Å². The highest BCUT2D eigenvalue weighted by molar-refractivity contribution is 6.31. The molecule has 0 amide bonds. The maximum Gasteiger partial charge on any atom is 0.128 e. The normalized spacial score (nSPS) is 19.7. The van der Waals surface area contributed by atoms with E-state index >= 15 is 0 Å². The van der Waals surface area contributed by atoms with Gasteiger partial charge in [-0.25, -0.2) is 4.39 Å². The molecule has 1 aliphatic heterocycles. The van der Waals surface area contributed by atoms with Crippen molar-refractivity contribution in [1.82, 2.24) is 0 Å². The molecule has 2 nitrogen and oxygen atoms in total. The standard InChI is InChI=1S/C12H15ClFNO/c13-9-2-1-3-10(14)11(9)12(8-15)4-6-16-7-5-12/h1-3H,4-8,15H2. The Labute approximate surface area is 99.5 Å². The Hall–Kier alpha value is -0.640. The molecule has 0 unspecified atom stereocenters. The van der Waals surface area contributed by atoms with Gasteiger partial charge in [-0.2, -0.15) is 0 Å². The van der Waals surface area contributed by atoms with E-state index in [1.54, 1.807) is 12.1 Å². The van der Waals surface area contributed by atoms with Gasteiger partial charge in [0, 0.05) is 35.8 Å². The van der Waals surface area contributed by atoms with Crippen molar-refractivity contribution in [3.05, 3.63) is 34.6 Å². The van der Waals surface area contributed by atoms with E-state index in [9.17, 15) is 4.39 Å². The monoisotopic (exact) mass is 243 g/mol. The quantitative estimate of drug-likeness (QED) is 0.866. The molecule has 1 saturated heterocycles. The fourth-order valence-corrected chi connectivity index (χ4v) is 2.69. The zero-order valence-corrected chi connectivity index (χ0v) is 9.77. The van der Waals surface area contributed by atoms with Crippen LogP contribution in [0.2, 0.25) is 5.02 Å². The summed E-state index contributed by atoms with van der Waals surface area (Å²) < 4.78 is 19.2. The summed E-state index contributed by atoms with van der Waals surface area (Å²) in [5, 5.41) is 0.465. The Balaban J connectivity index is 2.46. The first-order valence-corrected chi connectivity index (χ1v) is 5.80. The Bertz CT molecular complexity index is 357. The number of ether oxygens (including phenoxy) is 1. The third-order valence-electron chi connectivity index (χ3n) is 3.33. The molecule has 0 atom stereocenters. The lowest BCUT2D eigenvalue weighted by atomic mass is 9.74. The molecule has 88 valence electrons. The first-order valence-electron chi connectivity index (χ1n) is 5.42. The Morgan fingerprint density at radius 3 is 2.62 bits per heavy atom. The first-order chi connectivity index (χ1) is 7.69. The van der Waals surface area contributed by atoms with Gasteiger partial charge in [-0.05, 0) is 25.0 Å². The van der Waals surface area contributed by atoms with E-state index in [0.717, 1.165) is 12.8 Å². The molecule has 0 aliphatic carbocycles. The van der Waals surface area contributed by atoms with Gasteiger partial charge in [-0.1, -0.05) is 17.7 Å². The molecule has 2 rings (SSSR count). The second-order valence-electron chi connectivity index (χ2n) is 4.19. The van der Waals surface area contributed by atoms with Crippen LogP contribution >= 0.6 is 11.6 Å². The fourth-order valence-electron chi connectivity index (χ4n) is 2.32. The van der Waals surface area contributed by atoms with E-state index in [-0.39, 0.29) is 11.2 Å². The van der Waals surface area contributed by atoms with E-state index in [1.165, 1.54) is 6.07 Å². The van der Waals surface area contributed by atoms with Crippen LogP contribution in [0.15, 0.2) is 18.2 Å². The summed E-state index contributed by atoms with van der Waals surface area (Å²) in [5.41, 5.74) is 6.02. The van der Waals surface area contributed by atoms with Crippen LogP contribution in [0.1, 0.15) is 18.4 Å². The van der Waals surface area contributed by atoms with Crippen LogP contribution in [-0.4, -0.2) is 19.8 Å². The molecule has 0 spiro atoms. The predicted molar refractivity (Wildman–Crippen MR) is 62.2 cm³/mol. The van der Waals surface area contributed by atoms with Gasteiger partial charge in [0.25, 0.3) is 0 Å². The van der Waals surface area contributed by atoms with Gasteiger partial charge in [-0.3, -0.25) is 0 Å². The average molecular weight is 244 g/mol. The summed E-state index contributed by atoms with van der Waals surface area (Å²) in [6.07, 6.45) is 1.45. The third-order valence-corrected chi connectivity index (χ3v) is 3.65. The minimum absolute atomic E-state index is 0.264. The van der Waals surface area contributed by atoms with Crippen molar-refractivity contribution >= 4 is 11.6 Å². The van der Waals surface area contributed by atoms with Crippen LogP contribution in [0.4, 0.5) is 4.39 Å². The zero-order chi connectivity index (χ0) is 11.6. The van der Waals surface area contributed by atoms with Crippen molar-refractivity contribution < 1.29 is 9.13 Å². The molecule has 0 saturated carbocycles. The lowest BCUT2D eigenvalue weighted by Gasteiger charge is -2.37. The van der Waals surface area contributed by atoms with Gasteiger partial charge in [0.05, 0.1) is 0 Å². The molecule has 16 heavy (non-hydrogen) atoms. The van der Waals surface area contributed by atoms with Crippen molar-refractivity contribution in [3.63, 3.8) is 0 Å². The van der Waals surface area contributed by atoms with Gasteiger partial charge in [-0.15, -0.1) is 0 Å². The highest BCUT2D eigenvalue weighted by Crippen LogP contribution is 2.39. The maximum atomic E-state index is 13.9. The van der Waals surface area contributed by atoms with Crippen LogP contribution in [-0.2, 0) is 10.2 Å². The minimum Gasteiger partial charge on any atom is -0.381 e. The molecule has 1 fully saturated rings. The molecule has 2 N–H and O–H groups in total. The largest absolute Gasteiger partial charge is 0.381 e. The number of hydrogen-bond acceptors (Lipinski definition) is 2. The average Bonchev–Trinajstić information content (AvgIpc) is 2.30. The number of rotatable bonds is 2. The van der Waals surface area contributed by atoms with Crippen LogP contribution in [0, 0.1) is 5.82 Å². The SMILES string of the molecule is NCC1(c2c(F)cccc2Cl)CCOCC1. The fraction of sp³-hybridized carbons (Fsp3) is 0.500. The van der Waals surface area contributed by atoms with Gasteiger partial charge >= 0.3 is 0 Å². The van der Waals surface area contributed by atoms with Crippen molar-refractivity contribution in [2.75, 3.05) is 19.8 Å². The summed E-state index contributed by atoms with van der Waals surface area (Å²) in [4.78, 5) is 0. The molecule has 4 heteroatoms. The topological polar surface area (TPSA) is 35.2 Å². The van der Waals surface area contributed by atoms with Crippen molar-refractivity contribution in [3.8, 4) is 0 Å². The van der Waals surface area contributed by atoms with Crippen molar-refractivity contribution in [2.24, 2.45) is 5.73 Å². The lowest BCUT2D eigenvalue weighted by molar-refractivity contribution is 0.0518. The highest BCUT2D eigenvalue weighted by Gasteiger charge is 2.36. The summed E-state index contributed by atoms with van der Waals surface area (Å²) in [5.74, 6) is -0.264. The van der Waals surface area contributed by atoms with Crippen molar-refractivity contribution in [2.45, 2.75) is 18.3 Å². The summed E-state index contributed by atoms with van der Waals surface area (Å²) >= 11 is 6.09. The molecule has 0 radical (unpaired) electrons. The van der Waals surface area contributed by atoms with Gasteiger partial charge in [0.1, 0.15) is 5.82 Å². The molecule has 0 bridgehead atoms. The van der Waals surface area contributed by atoms with Crippen LogP contribution in [0.3, 0.4) is 0 Å². The van der Waals surface area contributed by atoms with E-state index in [2.05, 4.69) is 0 Å². The predicted octanol–water partition coefficient (Wildman–Crippen LogP) is 2.49. The van der Waals surface area contributed by atoms with Crippen LogP contribution in [0.25, 0.3) is 0 Å². The summed E-state index contributed by atoms with van der Waals surface area (Å²) in [6, 6.07) is 4.77. The number of hydrogen-bond donors (Lipinski definition) is 1. The molecule has 1 heterocycles. The van der Waals surface area contributed by atoms with Crippen LogP contribution < -0.4 is 5.73 Å². The number of nitrogens with two attached hydrogens (primary N) is 1. The number of benzene rings is 1. The van der Waals surface area contributed by atoms with Gasteiger partial charge in [0.2, 0.25) is 0 Å². The molecular weight excluding hydrogens is 229 g/mol. The lowest BCUT2D eigenvalue weighted by Crippen LogP contribution is -2.41. The Kier molecular flexibility index (Phi) is 3.47. The molecule has 1 aromatic carbocycles. The minimum atomic E-state index is -0.360. The molecular formula is C12H15ClFNO. The second kappa shape index (κ2) is 4.70. The third kappa shape index (κ3) is 1.95. The zero-order valence-electron chi connectivity index (χ0n) is 9.01. The van der Waals surface area contributed by atoms with Crippen LogP contribution in [0.5, 0.6) is 0 Å². The second-order valence-corrected chi connectivity index (χ2v) is 4.60. The molecule has 1 aromatic rings. The van der Waals surface area contributed by atoms with E-state index < -0.39 is 0 Å². The van der Waals surface area contributed by atoms with E-state index in [1.807, 2.05) is 0 Å². The first kappa shape index (κ1) is 11.8. The maximum absolute atomic E-state index is 13.9. The molecule has 0 aromatic heterocycles. The van der Waals surface area contributed by atoms with Gasteiger partial charge < -0.3 is 10.5 Å². The van der Waals surface area contributed by atoms with E-state index in [4.69, 9.17) is 22.1 Å². The smallest absolute Gasteiger partial charge is 0.128 e. The Morgan fingerprint density at radius 2 is 2.06 bits per heavy atom. The highest BCUT2D eigenvalue weighted by atomic mass is 35.5. The van der Waals surface area contributed by atoms with Crippen molar-refractivity contribution in [1.29, 1.82) is 0 Å². The summed E-state index contributed by atoms with van der Waals surface area (Å²) in [6.45, 7) is 1.63.